The highest BCUT2D eigenvalue weighted by molar-refractivity contribution is 7.08. The molecule has 0 saturated carbocycles. The van der Waals surface area contributed by atoms with Crippen LogP contribution in [0.1, 0.15) is 0 Å². The van der Waals surface area contributed by atoms with Crippen molar-refractivity contribution in [2.75, 3.05) is 5.32 Å². The summed E-state index contributed by atoms with van der Waals surface area (Å²) in [7, 11) is 0. The summed E-state index contributed by atoms with van der Waals surface area (Å²) in [6.07, 6.45) is 0. The molecule has 162 valence electrons. The van der Waals surface area contributed by atoms with Gasteiger partial charge in [-0.05, 0) is 51.7 Å². The molecule has 0 radical (unpaired) electrons. The van der Waals surface area contributed by atoms with Crippen LogP contribution in [-0.2, 0) is 0 Å². The van der Waals surface area contributed by atoms with Gasteiger partial charge in [-0.25, -0.2) is 9.97 Å². The molecule has 4 aromatic carbocycles. The molecule has 34 heavy (non-hydrogen) atoms. The molecule has 2 aromatic heterocycles. The normalized spacial score (nSPS) is 10.9. The number of hydrogen-bond acceptors (Lipinski definition) is 4. The van der Waals surface area contributed by atoms with E-state index in [0.717, 1.165) is 33.5 Å². The van der Waals surface area contributed by atoms with E-state index in [2.05, 4.69) is 94.9 Å². The fraction of sp³-hybridized carbons (Fsp3) is 0. The first-order valence-electron chi connectivity index (χ1n) is 11.2. The van der Waals surface area contributed by atoms with Crippen molar-refractivity contribution in [2.24, 2.45) is 0 Å². The minimum atomic E-state index is 0.703. The first-order valence-corrected chi connectivity index (χ1v) is 12.1. The van der Waals surface area contributed by atoms with E-state index in [4.69, 9.17) is 9.97 Å². The number of rotatable bonds is 5. The average Bonchev–Trinajstić information content (AvgIpc) is 3.44. The summed E-state index contributed by atoms with van der Waals surface area (Å²) in [5.74, 6) is 1.50. The lowest BCUT2D eigenvalue weighted by Gasteiger charge is -2.14. The summed E-state index contributed by atoms with van der Waals surface area (Å²) >= 11 is 1.70. The van der Waals surface area contributed by atoms with E-state index in [1.165, 1.54) is 16.7 Å². The van der Waals surface area contributed by atoms with Crippen LogP contribution in [0, 0.1) is 0 Å². The van der Waals surface area contributed by atoms with Gasteiger partial charge in [-0.15, -0.1) is 0 Å². The zero-order valence-corrected chi connectivity index (χ0v) is 19.2. The average molecular weight is 456 g/mol. The molecule has 0 unspecified atom stereocenters. The molecule has 2 heterocycles. The highest BCUT2D eigenvalue weighted by atomic mass is 32.1. The lowest BCUT2D eigenvalue weighted by molar-refractivity contribution is 1.22. The third-order valence-electron chi connectivity index (χ3n) is 5.87. The van der Waals surface area contributed by atoms with Crippen LogP contribution in [0.25, 0.3) is 44.5 Å². The zero-order chi connectivity index (χ0) is 22.7. The highest BCUT2D eigenvalue weighted by Crippen LogP contribution is 2.34. The van der Waals surface area contributed by atoms with Gasteiger partial charge in [0.15, 0.2) is 5.82 Å². The number of fused-ring (bicyclic) bond motifs is 1. The van der Waals surface area contributed by atoms with E-state index in [1.807, 2.05) is 30.3 Å². The van der Waals surface area contributed by atoms with Crippen molar-refractivity contribution in [1.82, 2.24) is 9.97 Å². The summed E-state index contributed by atoms with van der Waals surface area (Å²) in [4.78, 5) is 9.84. The summed E-state index contributed by atoms with van der Waals surface area (Å²) < 4.78 is 0. The van der Waals surface area contributed by atoms with E-state index >= 15 is 0 Å². The number of para-hydroxylation sites is 2. The molecule has 0 fully saturated rings. The summed E-state index contributed by atoms with van der Waals surface area (Å²) in [5, 5.41) is 8.86. The lowest BCUT2D eigenvalue weighted by atomic mass is 10.0. The van der Waals surface area contributed by atoms with Crippen molar-refractivity contribution in [3.05, 3.63) is 120 Å². The Bertz CT molecular complexity index is 1560. The second-order valence-corrected chi connectivity index (χ2v) is 8.82. The minimum Gasteiger partial charge on any atom is -0.339 e. The maximum absolute atomic E-state index is 4.97. The Labute approximate surface area is 202 Å². The smallest absolute Gasteiger partial charge is 0.162 e. The van der Waals surface area contributed by atoms with Gasteiger partial charge >= 0.3 is 0 Å². The van der Waals surface area contributed by atoms with Crippen molar-refractivity contribution in [1.29, 1.82) is 0 Å². The van der Waals surface area contributed by atoms with Crippen molar-refractivity contribution < 1.29 is 0 Å². The molecule has 6 rings (SSSR count). The predicted molar refractivity (Wildman–Crippen MR) is 143 cm³/mol. The molecule has 0 saturated heterocycles. The van der Waals surface area contributed by atoms with Crippen LogP contribution in [0.2, 0.25) is 0 Å². The molecule has 0 aliphatic heterocycles. The van der Waals surface area contributed by atoms with Gasteiger partial charge in [-0.2, -0.15) is 11.3 Å². The maximum atomic E-state index is 4.97. The molecule has 6 aromatic rings. The SMILES string of the molecule is c1ccc(-c2ccc(-c3nc(Nc4ccccc4-c4ccsc4)c4ccccc4n3)cc2)cc1. The zero-order valence-electron chi connectivity index (χ0n) is 18.3. The predicted octanol–water partition coefficient (Wildman–Crippen LogP) is 8.44. The molecule has 4 heteroatoms. The van der Waals surface area contributed by atoms with Gasteiger partial charge in [-0.3, -0.25) is 0 Å². The number of thiophene rings is 1. The largest absolute Gasteiger partial charge is 0.339 e. The van der Waals surface area contributed by atoms with Gasteiger partial charge in [-0.1, -0.05) is 84.9 Å². The van der Waals surface area contributed by atoms with Crippen LogP contribution in [0.3, 0.4) is 0 Å². The van der Waals surface area contributed by atoms with Crippen molar-refractivity contribution in [2.45, 2.75) is 0 Å². The summed E-state index contributed by atoms with van der Waals surface area (Å²) in [5.41, 5.74) is 7.64. The highest BCUT2D eigenvalue weighted by Gasteiger charge is 2.12. The Balaban J connectivity index is 1.42. The Kier molecular flexibility index (Phi) is 5.34. The molecular weight excluding hydrogens is 434 g/mol. The number of aromatic nitrogens is 2. The number of benzene rings is 4. The Morgan fingerprint density at radius 1 is 0.559 bits per heavy atom. The van der Waals surface area contributed by atoms with Crippen LogP contribution in [0.5, 0.6) is 0 Å². The molecular formula is C30H21N3S. The number of nitrogens with zero attached hydrogens (tertiary/aromatic N) is 2. The third-order valence-corrected chi connectivity index (χ3v) is 6.55. The molecule has 0 aliphatic rings. The monoisotopic (exact) mass is 455 g/mol. The van der Waals surface area contributed by atoms with E-state index in [0.29, 0.717) is 5.82 Å². The summed E-state index contributed by atoms with van der Waals surface area (Å²) in [6.45, 7) is 0. The van der Waals surface area contributed by atoms with E-state index in [1.54, 1.807) is 11.3 Å². The number of hydrogen-bond donors (Lipinski definition) is 1. The van der Waals surface area contributed by atoms with Crippen LogP contribution in [0.4, 0.5) is 11.5 Å². The molecule has 3 nitrogen and oxygen atoms in total. The first kappa shape index (κ1) is 20.3. The molecule has 0 atom stereocenters. The standard InChI is InChI=1S/C30H21N3S/c1-2-8-21(9-3-1)22-14-16-23(17-15-22)29-31-28-13-7-5-11-26(28)30(33-29)32-27-12-6-4-10-25(27)24-18-19-34-20-24/h1-20H,(H,31,32,33). The van der Waals surface area contributed by atoms with E-state index in [9.17, 15) is 0 Å². The van der Waals surface area contributed by atoms with Crippen LogP contribution >= 0.6 is 11.3 Å². The molecule has 1 N–H and O–H groups in total. The molecule has 0 bridgehead atoms. The van der Waals surface area contributed by atoms with Crippen LogP contribution in [-0.4, -0.2) is 9.97 Å². The van der Waals surface area contributed by atoms with E-state index in [-0.39, 0.29) is 0 Å². The molecule has 0 aliphatic carbocycles. The van der Waals surface area contributed by atoms with Crippen LogP contribution in [0.15, 0.2) is 120 Å². The van der Waals surface area contributed by atoms with Gasteiger partial charge < -0.3 is 5.32 Å². The van der Waals surface area contributed by atoms with Gasteiger partial charge in [0, 0.05) is 22.2 Å². The summed E-state index contributed by atoms with van der Waals surface area (Å²) in [6, 6.07) is 37.4. The second kappa shape index (κ2) is 8.93. The van der Waals surface area contributed by atoms with Gasteiger partial charge in [0.1, 0.15) is 5.82 Å². The second-order valence-electron chi connectivity index (χ2n) is 8.04. The van der Waals surface area contributed by atoms with Crippen molar-refractivity contribution in [3.8, 4) is 33.6 Å². The van der Waals surface area contributed by atoms with Crippen molar-refractivity contribution in [3.63, 3.8) is 0 Å². The number of nitrogens with one attached hydrogen (secondary N) is 1. The van der Waals surface area contributed by atoms with Gasteiger partial charge in [0.2, 0.25) is 0 Å². The van der Waals surface area contributed by atoms with Crippen molar-refractivity contribution >= 4 is 33.7 Å². The Hall–Kier alpha value is -4.28. The number of anilines is 2. The van der Waals surface area contributed by atoms with E-state index < -0.39 is 0 Å². The first-order chi connectivity index (χ1) is 16.8. The lowest BCUT2D eigenvalue weighted by Crippen LogP contribution is -2.00. The third kappa shape index (κ3) is 3.96. The Morgan fingerprint density at radius 3 is 2.09 bits per heavy atom. The quantitative estimate of drug-likeness (QED) is 0.283. The fourth-order valence-electron chi connectivity index (χ4n) is 4.13. The molecule has 0 spiro atoms. The maximum Gasteiger partial charge on any atom is 0.162 e. The molecule has 0 amide bonds. The van der Waals surface area contributed by atoms with Gasteiger partial charge in [0.25, 0.3) is 0 Å². The van der Waals surface area contributed by atoms with Crippen LogP contribution < -0.4 is 5.32 Å². The minimum absolute atomic E-state index is 0.703. The van der Waals surface area contributed by atoms with Gasteiger partial charge in [0.05, 0.1) is 5.52 Å². The fourth-order valence-corrected chi connectivity index (χ4v) is 4.79. The topological polar surface area (TPSA) is 37.8 Å². The Morgan fingerprint density at radius 2 is 1.26 bits per heavy atom.